The number of halogens is 1. The van der Waals surface area contributed by atoms with Gasteiger partial charge in [0.25, 0.3) is 0 Å². The highest BCUT2D eigenvalue weighted by atomic mass is 35.5. The summed E-state index contributed by atoms with van der Waals surface area (Å²) in [6.07, 6.45) is 2.77. The normalized spacial score (nSPS) is 10.4. The molecule has 0 bridgehead atoms. The second kappa shape index (κ2) is 7.43. The van der Waals surface area contributed by atoms with E-state index in [0.29, 0.717) is 5.11 Å². The van der Waals surface area contributed by atoms with Gasteiger partial charge < -0.3 is 10.6 Å². The Morgan fingerprint density at radius 3 is 2.86 bits per heavy atom. The zero-order chi connectivity index (χ0) is 15.2. The van der Waals surface area contributed by atoms with Gasteiger partial charge in [-0.15, -0.1) is 0 Å². The Morgan fingerprint density at radius 2 is 2.14 bits per heavy atom. The van der Waals surface area contributed by atoms with Gasteiger partial charge in [0.1, 0.15) is 0 Å². The van der Waals surface area contributed by atoms with Crippen LogP contribution in [0.5, 0.6) is 0 Å². The fourth-order valence-corrected chi connectivity index (χ4v) is 2.36. The Morgan fingerprint density at radius 1 is 1.33 bits per heavy atom. The van der Waals surface area contributed by atoms with Crippen LogP contribution in [-0.4, -0.2) is 21.4 Å². The summed E-state index contributed by atoms with van der Waals surface area (Å²) in [5.74, 6) is 0. The van der Waals surface area contributed by atoms with E-state index in [2.05, 4.69) is 22.7 Å². The van der Waals surface area contributed by atoms with Gasteiger partial charge in [-0.25, -0.2) is 0 Å². The predicted molar refractivity (Wildman–Crippen MR) is 92.0 cm³/mol. The van der Waals surface area contributed by atoms with Crippen molar-refractivity contribution in [2.75, 3.05) is 11.9 Å². The summed E-state index contributed by atoms with van der Waals surface area (Å²) in [4.78, 5) is 0. The first-order chi connectivity index (χ1) is 10.1. The molecule has 112 valence electrons. The molecule has 0 fully saturated rings. The summed E-state index contributed by atoms with van der Waals surface area (Å²) in [5.41, 5.74) is 3.10. The highest BCUT2D eigenvalue weighted by Crippen LogP contribution is 2.22. The van der Waals surface area contributed by atoms with Crippen molar-refractivity contribution in [1.82, 2.24) is 15.1 Å². The summed E-state index contributed by atoms with van der Waals surface area (Å²) >= 11 is 11.4. The zero-order valence-electron chi connectivity index (χ0n) is 12.2. The van der Waals surface area contributed by atoms with Crippen molar-refractivity contribution in [2.45, 2.75) is 26.8 Å². The third-order valence-corrected chi connectivity index (χ3v) is 3.93. The molecule has 6 heteroatoms. The molecular weight excluding hydrogens is 304 g/mol. The summed E-state index contributed by atoms with van der Waals surface area (Å²) < 4.78 is 1.99. The first-order valence-corrected chi connectivity index (χ1v) is 7.65. The standard InChI is InChI=1S/C15H19ClN4S/c1-11-7-9-18-20(11)10-4-8-17-15(21)19-14-6-3-5-13(16)12(14)2/h3,5-7,9H,4,8,10H2,1-2H3,(H2,17,19,21). The molecule has 0 aliphatic carbocycles. The van der Waals surface area contributed by atoms with Crippen LogP contribution in [0.3, 0.4) is 0 Å². The zero-order valence-corrected chi connectivity index (χ0v) is 13.8. The van der Waals surface area contributed by atoms with Crippen molar-refractivity contribution < 1.29 is 0 Å². The number of nitrogens with one attached hydrogen (secondary N) is 2. The third-order valence-electron chi connectivity index (χ3n) is 3.28. The number of anilines is 1. The average Bonchev–Trinajstić information content (AvgIpc) is 2.86. The van der Waals surface area contributed by atoms with Crippen LogP contribution in [0.1, 0.15) is 17.7 Å². The molecule has 2 rings (SSSR count). The van der Waals surface area contributed by atoms with Crippen LogP contribution in [0.2, 0.25) is 5.02 Å². The number of aromatic nitrogens is 2. The van der Waals surface area contributed by atoms with Gasteiger partial charge in [0.2, 0.25) is 0 Å². The molecule has 0 radical (unpaired) electrons. The van der Waals surface area contributed by atoms with Crippen LogP contribution >= 0.6 is 23.8 Å². The maximum absolute atomic E-state index is 6.08. The summed E-state index contributed by atoms with van der Waals surface area (Å²) in [6, 6.07) is 7.73. The van der Waals surface area contributed by atoms with Gasteiger partial charge >= 0.3 is 0 Å². The number of rotatable bonds is 5. The monoisotopic (exact) mass is 322 g/mol. The van der Waals surface area contributed by atoms with Crippen LogP contribution in [0.25, 0.3) is 0 Å². The Hall–Kier alpha value is -1.59. The Kier molecular flexibility index (Phi) is 5.59. The molecule has 1 heterocycles. The van der Waals surface area contributed by atoms with Crippen molar-refractivity contribution in [3.63, 3.8) is 0 Å². The first kappa shape index (κ1) is 15.8. The molecular formula is C15H19ClN4S. The lowest BCUT2D eigenvalue weighted by Crippen LogP contribution is -2.30. The topological polar surface area (TPSA) is 41.9 Å². The molecule has 2 aromatic rings. The minimum atomic E-state index is 0.609. The lowest BCUT2D eigenvalue weighted by atomic mass is 10.2. The van der Waals surface area contributed by atoms with E-state index in [-0.39, 0.29) is 0 Å². The van der Waals surface area contributed by atoms with Crippen molar-refractivity contribution >= 4 is 34.6 Å². The number of hydrogen-bond donors (Lipinski definition) is 2. The second-order valence-electron chi connectivity index (χ2n) is 4.84. The van der Waals surface area contributed by atoms with Crippen LogP contribution < -0.4 is 10.6 Å². The molecule has 0 saturated carbocycles. The minimum Gasteiger partial charge on any atom is -0.362 e. The molecule has 21 heavy (non-hydrogen) atoms. The lowest BCUT2D eigenvalue weighted by molar-refractivity contribution is 0.561. The maximum atomic E-state index is 6.08. The number of aryl methyl sites for hydroxylation is 2. The van der Waals surface area contributed by atoms with Crippen LogP contribution in [-0.2, 0) is 6.54 Å². The van der Waals surface area contributed by atoms with E-state index in [4.69, 9.17) is 23.8 Å². The van der Waals surface area contributed by atoms with Gasteiger partial charge in [-0.1, -0.05) is 17.7 Å². The molecule has 0 saturated heterocycles. The Bertz CT molecular complexity index is 624. The summed E-state index contributed by atoms with van der Waals surface area (Å²) in [5, 5.41) is 12.0. The van der Waals surface area contributed by atoms with Crippen LogP contribution in [0.4, 0.5) is 5.69 Å². The smallest absolute Gasteiger partial charge is 0.170 e. The van der Waals surface area contributed by atoms with E-state index in [0.717, 1.165) is 35.8 Å². The highest BCUT2D eigenvalue weighted by molar-refractivity contribution is 7.80. The molecule has 0 aliphatic heterocycles. The molecule has 1 aromatic heterocycles. The van der Waals surface area contributed by atoms with Gasteiger partial charge in [-0.2, -0.15) is 5.10 Å². The molecule has 1 aromatic carbocycles. The van der Waals surface area contributed by atoms with E-state index >= 15 is 0 Å². The third kappa shape index (κ3) is 4.44. The van der Waals surface area contributed by atoms with Gasteiger partial charge in [0, 0.05) is 35.7 Å². The maximum Gasteiger partial charge on any atom is 0.170 e. The molecule has 0 unspecified atom stereocenters. The second-order valence-corrected chi connectivity index (χ2v) is 5.66. The quantitative estimate of drug-likeness (QED) is 0.653. The van der Waals surface area contributed by atoms with E-state index in [1.54, 1.807) is 0 Å². The molecule has 4 nitrogen and oxygen atoms in total. The van der Waals surface area contributed by atoms with Gasteiger partial charge in [0.15, 0.2) is 5.11 Å². The van der Waals surface area contributed by atoms with E-state index < -0.39 is 0 Å². The summed E-state index contributed by atoms with van der Waals surface area (Å²) in [7, 11) is 0. The average molecular weight is 323 g/mol. The SMILES string of the molecule is Cc1c(Cl)cccc1NC(=S)NCCCn1nccc1C. The van der Waals surface area contributed by atoms with E-state index in [1.807, 2.05) is 42.1 Å². The highest BCUT2D eigenvalue weighted by Gasteiger charge is 2.03. The van der Waals surface area contributed by atoms with Crippen molar-refractivity contribution in [3.8, 4) is 0 Å². The molecule has 0 amide bonds. The number of nitrogens with zero attached hydrogens (tertiary/aromatic N) is 2. The van der Waals surface area contributed by atoms with Gasteiger partial charge in [-0.05, 0) is 56.2 Å². The molecule has 0 spiro atoms. The van der Waals surface area contributed by atoms with Crippen LogP contribution in [0.15, 0.2) is 30.5 Å². The summed E-state index contributed by atoms with van der Waals surface area (Å²) in [6.45, 7) is 5.69. The lowest BCUT2D eigenvalue weighted by Gasteiger charge is -2.13. The Balaban J connectivity index is 1.75. The fourth-order valence-electron chi connectivity index (χ4n) is 1.97. The molecule has 0 aliphatic rings. The van der Waals surface area contributed by atoms with E-state index in [9.17, 15) is 0 Å². The fraction of sp³-hybridized carbons (Fsp3) is 0.333. The molecule has 2 N–H and O–H groups in total. The van der Waals surface area contributed by atoms with Gasteiger partial charge in [0.05, 0.1) is 0 Å². The van der Waals surface area contributed by atoms with Crippen molar-refractivity contribution in [2.24, 2.45) is 0 Å². The van der Waals surface area contributed by atoms with Crippen molar-refractivity contribution in [3.05, 3.63) is 46.7 Å². The first-order valence-electron chi connectivity index (χ1n) is 6.86. The number of thiocarbonyl (C=S) groups is 1. The van der Waals surface area contributed by atoms with Gasteiger partial charge in [-0.3, -0.25) is 4.68 Å². The predicted octanol–water partition coefficient (Wildman–Crippen LogP) is 3.53. The Labute approximate surface area is 135 Å². The molecule has 0 atom stereocenters. The minimum absolute atomic E-state index is 0.609. The largest absolute Gasteiger partial charge is 0.362 e. The number of hydrogen-bond acceptors (Lipinski definition) is 2. The van der Waals surface area contributed by atoms with E-state index in [1.165, 1.54) is 5.69 Å². The van der Waals surface area contributed by atoms with Crippen LogP contribution in [0, 0.1) is 13.8 Å². The number of benzene rings is 1. The van der Waals surface area contributed by atoms with Crippen molar-refractivity contribution in [1.29, 1.82) is 0 Å².